The van der Waals surface area contributed by atoms with Crippen LogP contribution in [0, 0.1) is 6.07 Å². The van der Waals surface area contributed by atoms with E-state index >= 15 is 0 Å². The third-order valence-corrected chi connectivity index (χ3v) is 2.09. The van der Waals surface area contributed by atoms with Gasteiger partial charge in [0.1, 0.15) is 0 Å². The molecule has 1 heterocycles. The van der Waals surface area contributed by atoms with Crippen molar-refractivity contribution in [3.63, 3.8) is 0 Å². The normalized spacial score (nSPS) is 20.1. The summed E-state index contributed by atoms with van der Waals surface area (Å²) < 4.78 is 11.1. The van der Waals surface area contributed by atoms with E-state index in [4.69, 9.17) is 9.47 Å². The van der Waals surface area contributed by atoms with Crippen molar-refractivity contribution in [2.75, 3.05) is 6.61 Å². The summed E-state index contributed by atoms with van der Waals surface area (Å²) >= 11 is 4.25. The number of rotatable bonds is 2. The molecule has 0 saturated carbocycles. The van der Waals surface area contributed by atoms with E-state index in [2.05, 4.69) is 19.7 Å². The van der Waals surface area contributed by atoms with Gasteiger partial charge in [-0.3, -0.25) is 0 Å². The van der Waals surface area contributed by atoms with Crippen LogP contribution in [0.4, 0.5) is 0 Å². The van der Waals surface area contributed by atoms with Gasteiger partial charge in [0.2, 0.25) is 0 Å². The second-order valence-electron chi connectivity index (χ2n) is 3.15. The van der Waals surface area contributed by atoms with E-state index in [1.165, 1.54) is 22.8 Å². The predicted molar refractivity (Wildman–Crippen MR) is 58.4 cm³/mol. The Kier molecular flexibility index (Phi) is 7.24. The maximum atomic E-state index is 5.61. The molecule has 1 atom stereocenters. The first-order valence-corrected chi connectivity index (χ1v) is 11.9. The average molecular weight is 323 g/mol. The molecule has 15 heavy (non-hydrogen) atoms. The van der Waals surface area contributed by atoms with Gasteiger partial charge in [0, 0.05) is 12.2 Å². The molecule has 2 rings (SSSR count). The van der Waals surface area contributed by atoms with Crippen molar-refractivity contribution < 1.29 is 25.8 Å². The van der Waals surface area contributed by atoms with Crippen molar-refractivity contribution in [2.24, 2.45) is 0 Å². The van der Waals surface area contributed by atoms with E-state index in [0.29, 0.717) is 0 Å². The van der Waals surface area contributed by atoms with Crippen molar-refractivity contribution in [1.82, 2.24) is 0 Å². The molecule has 1 aromatic rings. The summed E-state index contributed by atoms with van der Waals surface area (Å²) in [7, 11) is 0. The SMILES string of the molecule is [Zn+][Br].[c-]1ccc(OC2CCCCO2)cc1. The fraction of sp³-hybridized carbons (Fsp3) is 0.455. The largest absolute Gasteiger partial charge is 0.490 e. The molecule has 0 bridgehead atoms. The van der Waals surface area contributed by atoms with Gasteiger partial charge in [0.15, 0.2) is 6.29 Å². The van der Waals surface area contributed by atoms with Gasteiger partial charge in [-0.1, -0.05) is 0 Å². The van der Waals surface area contributed by atoms with Crippen LogP contribution in [0.2, 0.25) is 0 Å². The second-order valence-corrected chi connectivity index (χ2v) is 3.15. The predicted octanol–water partition coefficient (Wildman–Crippen LogP) is 3.24. The van der Waals surface area contributed by atoms with Crippen molar-refractivity contribution in [3.05, 3.63) is 30.3 Å². The summed E-state index contributed by atoms with van der Waals surface area (Å²) in [6.07, 6.45) is 3.31. The zero-order chi connectivity index (χ0) is 10.9. The molecule has 1 unspecified atom stereocenters. The van der Waals surface area contributed by atoms with Crippen LogP contribution in [-0.2, 0) is 21.1 Å². The number of benzene rings is 1. The second kappa shape index (κ2) is 8.26. The monoisotopic (exact) mass is 320 g/mol. The number of hydrogen-bond acceptors (Lipinski definition) is 2. The molecule has 0 N–H and O–H groups in total. The number of hydrogen-bond donors (Lipinski definition) is 0. The molecule has 1 aliphatic rings. The fourth-order valence-electron chi connectivity index (χ4n) is 1.41. The van der Waals surface area contributed by atoms with Gasteiger partial charge in [-0.15, -0.1) is 12.1 Å². The minimum atomic E-state index is -0.0452. The summed E-state index contributed by atoms with van der Waals surface area (Å²) in [5.74, 6) is 0.866. The van der Waals surface area contributed by atoms with Crippen molar-refractivity contribution in [3.8, 4) is 5.75 Å². The van der Waals surface area contributed by atoms with E-state index in [9.17, 15) is 0 Å². The summed E-state index contributed by atoms with van der Waals surface area (Å²) in [6, 6.07) is 10.4. The molecule has 0 amide bonds. The smallest absolute Gasteiger partial charge is 0.196 e. The maximum absolute atomic E-state index is 5.61. The Balaban J connectivity index is 0.000000531. The van der Waals surface area contributed by atoms with Crippen LogP contribution >= 0.6 is 13.6 Å². The average Bonchev–Trinajstić information content (AvgIpc) is 2.34. The molecular weight excluding hydrogens is 309 g/mol. The van der Waals surface area contributed by atoms with E-state index < -0.39 is 0 Å². The van der Waals surface area contributed by atoms with Crippen molar-refractivity contribution >= 4 is 13.6 Å². The molecule has 0 aliphatic carbocycles. The zero-order valence-corrected chi connectivity index (χ0v) is 13.2. The number of halogens is 1. The Labute approximate surface area is 107 Å². The molecule has 1 aromatic carbocycles. The summed E-state index contributed by atoms with van der Waals surface area (Å²) in [4.78, 5) is 0. The quantitative estimate of drug-likeness (QED) is 0.615. The maximum Gasteiger partial charge on any atom is 0.196 e. The van der Waals surface area contributed by atoms with E-state index in [1.54, 1.807) is 0 Å². The third kappa shape index (κ3) is 5.10. The van der Waals surface area contributed by atoms with Crippen LogP contribution in [0.15, 0.2) is 24.3 Å². The molecule has 4 heteroatoms. The van der Waals surface area contributed by atoms with Gasteiger partial charge in [0.05, 0.1) is 6.61 Å². The minimum absolute atomic E-state index is 0.0452. The van der Waals surface area contributed by atoms with Crippen molar-refractivity contribution in [1.29, 1.82) is 0 Å². The zero-order valence-electron chi connectivity index (χ0n) is 8.62. The molecule has 0 aromatic heterocycles. The molecule has 0 spiro atoms. The van der Waals surface area contributed by atoms with Crippen LogP contribution in [-0.4, -0.2) is 12.9 Å². The number of ether oxygens (including phenoxy) is 2. The summed E-state index contributed by atoms with van der Waals surface area (Å²) in [5, 5.41) is 0. The van der Waals surface area contributed by atoms with E-state index in [0.717, 1.165) is 25.2 Å². The topological polar surface area (TPSA) is 18.5 Å². The first kappa shape index (κ1) is 13.1. The molecule has 78 valence electrons. The van der Waals surface area contributed by atoms with Gasteiger partial charge in [-0.25, -0.2) is 0 Å². The Hall–Kier alpha value is 0.0834. The Morgan fingerprint density at radius 1 is 1.33 bits per heavy atom. The molecule has 1 saturated heterocycles. The molecule has 1 aliphatic heterocycles. The van der Waals surface area contributed by atoms with Gasteiger partial charge < -0.3 is 9.47 Å². The van der Waals surface area contributed by atoms with Gasteiger partial charge in [0.25, 0.3) is 0 Å². The van der Waals surface area contributed by atoms with E-state index in [-0.39, 0.29) is 6.29 Å². The molecule has 1 fully saturated rings. The molecular formula is C11H13BrO2Zn. The van der Waals surface area contributed by atoms with Crippen molar-refractivity contribution in [2.45, 2.75) is 25.6 Å². The van der Waals surface area contributed by atoms with Crippen LogP contribution in [0.3, 0.4) is 0 Å². The van der Waals surface area contributed by atoms with Gasteiger partial charge in [-0.05, 0) is 12.8 Å². The standard InChI is InChI=1S/C11H13O2.BrH.Zn/c1-2-6-10(7-3-1)13-11-8-4-5-9-12-11;;/h2-3,6-7,11H,4-5,8-9H2;1H;/q-1;;+2/p-1. The fourth-order valence-corrected chi connectivity index (χ4v) is 1.41. The van der Waals surface area contributed by atoms with Crippen LogP contribution in [0.1, 0.15) is 19.3 Å². The van der Waals surface area contributed by atoms with Crippen LogP contribution in [0.5, 0.6) is 5.75 Å². The van der Waals surface area contributed by atoms with Gasteiger partial charge in [-0.2, -0.15) is 18.2 Å². The molecule has 2 nitrogen and oxygen atoms in total. The minimum Gasteiger partial charge on any atom is -0.490 e. The van der Waals surface area contributed by atoms with Crippen LogP contribution in [0.25, 0.3) is 0 Å². The first-order valence-electron chi connectivity index (χ1n) is 4.96. The third-order valence-electron chi connectivity index (χ3n) is 2.09. The van der Waals surface area contributed by atoms with Crippen LogP contribution < -0.4 is 4.74 Å². The summed E-state index contributed by atoms with van der Waals surface area (Å²) in [5.41, 5.74) is 0. The first-order chi connectivity index (χ1) is 7.45. The Bertz CT molecular complexity index is 250. The summed E-state index contributed by atoms with van der Waals surface area (Å²) in [6.45, 7) is 0.823. The molecule has 0 radical (unpaired) electrons. The Morgan fingerprint density at radius 2 is 2.07 bits per heavy atom. The Morgan fingerprint density at radius 3 is 2.67 bits per heavy atom. The van der Waals surface area contributed by atoms with E-state index in [1.807, 2.05) is 24.3 Å². The van der Waals surface area contributed by atoms with Gasteiger partial charge >= 0.3 is 30.0 Å².